The van der Waals surface area contributed by atoms with E-state index < -0.39 is 0 Å². The molecule has 0 amide bonds. The van der Waals surface area contributed by atoms with E-state index in [2.05, 4.69) is 5.92 Å². The number of hydrogen-bond donors (Lipinski definition) is 0. The first-order valence-electron chi connectivity index (χ1n) is 5.01. The Balaban J connectivity index is 3.08. The number of nitrogens with zero attached hydrogens (tertiary/aromatic N) is 2. The summed E-state index contributed by atoms with van der Waals surface area (Å²) in [5.41, 5.74) is 0.701. The predicted molar refractivity (Wildman–Crippen MR) is 66.5 cm³/mol. The van der Waals surface area contributed by atoms with E-state index in [4.69, 9.17) is 26.4 Å². The van der Waals surface area contributed by atoms with E-state index in [1.807, 2.05) is 0 Å². The number of rotatable bonds is 4. The van der Waals surface area contributed by atoms with Crippen LogP contribution in [-0.2, 0) is 0 Å². The lowest BCUT2D eigenvalue weighted by atomic mass is 10.1. The van der Waals surface area contributed by atoms with Crippen molar-refractivity contribution in [3.8, 4) is 36.0 Å². The first-order chi connectivity index (χ1) is 8.74. The van der Waals surface area contributed by atoms with Crippen LogP contribution in [0.3, 0.4) is 0 Å². The van der Waals surface area contributed by atoms with Crippen LogP contribution in [0, 0.1) is 35.0 Å². The Morgan fingerprint density at radius 1 is 1.33 bits per heavy atom. The van der Waals surface area contributed by atoms with Crippen molar-refractivity contribution in [2.45, 2.75) is 0 Å². The van der Waals surface area contributed by atoms with Gasteiger partial charge in [-0.25, -0.2) is 0 Å². The second kappa shape index (κ2) is 6.63. The fourth-order valence-electron chi connectivity index (χ4n) is 1.27. The molecular formula is C14H10N2O2. The van der Waals surface area contributed by atoms with Crippen LogP contribution in [0.2, 0.25) is 0 Å². The number of hydrogen-bond acceptors (Lipinski definition) is 4. The van der Waals surface area contributed by atoms with E-state index in [-0.39, 0.29) is 12.2 Å². The van der Waals surface area contributed by atoms with Crippen LogP contribution in [0.5, 0.6) is 11.5 Å². The van der Waals surface area contributed by atoms with Gasteiger partial charge in [0, 0.05) is 0 Å². The molecule has 0 aliphatic rings. The Bertz CT molecular complexity index is 567. The van der Waals surface area contributed by atoms with Crippen LogP contribution in [0.1, 0.15) is 5.56 Å². The zero-order valence-electron chi connectivity index (χ0n) is 9.80. The molecule has 4 heteroatoms. The van der Waals surface area contributed by atoms with Crippen molar-refractivity contribution >= 4 is 6.08 Å². The number of ether oxygens (including phenoxy) is 2. The molecule has 0 heterocycles. The fourth-order valence-corrected chi connectivity index (χ4v) is 1.27. The Kier molecular flexibility index (Phi) is 4.85. The third-order valence-electron chi connectivity index (χ3n) is 2.05. The lowest BCUT2D eigenvalue weighted by molar-refractivity contribution is 0.331. The Morgan fingerprint density at radius 2 is 2.06 bits per heavy atom. The Hall–Kier alpha value is -2.90. The van der Waals surface area contributed by atoms with Gasteiger partial charge in [0.25, 0.3) is 0 Å². The SMILES string of the molecule is C#CCOc1ccc(C=C(C#N)C#N)cc1OC. The van der Waals surface area contributed by atoms with Crippen LogP contribution in [0.25, 0.3) is 6.08 Å². The van der Waals surface area contributed by atoms with Gasteiger partial charge in [-0.1, -0.05) is 12.0 Å². The molecule has 0 aromatic heterocycles. The van der Waals surface area contributed by atoms with Gasteiger partial charge in [0.15, 0.2) is 11.5 Å². The summed E-state index contributed by atoms with van der Waals surface area (Å²) in [5, 5.41) is 17.3. The molecule has 0 fully saturated rings. The molecule has 0 aliphatic heterocycles. The van der Waals surface area contributed by atoms with Crippen LogP contribution in [0.15, 0.2) is 23.8 Å². The molecule has 4 nitrogen and oxygen atoms in total. The number of benzene rings is 1. The second-order valence-electron chi connectivity index (χ2n) is 3.18. The lowest BCUT2D eigenvalue weighted by Crippen LogP contribution is -1.96. The van der Waals surface area contributed by atoms with Gasteiger partial charge in [-0.2, -0.15) is 10.5 Å². The van der Waals surface area contributed by atoms with Crippen molar-refractivity contribution in [2.75, 3.05) is 13.7 Å². The zero-order chi connectivity index (χ0) is 13.4. The minimum Gasteiger partial charge on any atom is -0.493 e. The molecule has 0 aliphatic carbocycles. The van der Waals surface area contributed by atoms with Gasteiger partial charge in [0.2, 0.25) is 0 Å². The van der Waals surface area contributed by atoms with Gasteiger partial charge >= 0.3 is 0 Å². The second-order valence-corrected chi connectivity index (χ2v) is 3.18. The summed E-state index contributed by atoms with van der Waals surface area (Å²) < 4.78 is 10.4. The van der Waals surface area contributed by atoms with Crippen LogP contribution < -0.4 is 9.47 Å². The summed E-state index contributed by atoms with van der Waals surface area (Å²) in [4.78, 5) is 0. The topological polar surface area (TPSA) is 66.0 Å². The van der Waals surface area contributed by atoms with Gasteiger partial charge in [0.05, 0.1) is 7.11 Å². The van der Waals surface area contributed by atoms with Crippen molar-refractivity contribution in [3.05, 3.63) is 29.3 Å². The molecule has 1 aromatic carbocycles. The van der Waals surface area contributed by atoms with Crippen LogP contribution in [-0.4, -0.2) is 13.7 Å². The molecular weight excluding hydrogens is 228 g/mol. The van der Waals surface area contributed by atoms with Crippen molar-refractivity contribution < 1.29 is 9.47 Å². The minimum absolute atomic E-state index is 0.0225. The highest BCUT2D eigenvalue weighted by atomic mass is 16.5. The number of methoxy groups -OCH3 is 1. The van der Waals surface area contributed by atoms with Gasteiger partial charge in [-0.15, -0.1) is 6.42 Å². The molecule has 0 bridgehead atoms. The quantitative estimate of drug-likeness (QED) is 0.595. The molecule has 0 saturated carbocycles. The molecule has 1 aromatic rings. The van der Waals surface area contributed by atoms with Crippen LogP contribution >= 0.6 is 0 Å². The highest BCUT2D eigenvalue weighted by Crippen LogP contribution is 2.28. The smallest absolute Gasteiger partial charge is 0.162 e. The van der Waals surface area contributed by atoms with Gasteiger partial charge in [-0.3, -0.25) is 0 Å². The van der Waals surface area contributed by atoms with Gasteiger partial charge in [0.1, 0.15) is 24.3 Å². The highest BCUT2D eigenvalue weighted by Gasteiger charge is 2.05. The molecule has 0 N–H and O–H groups in total. The normalized spacial score (nSPS) is 8.33. The Labute approximate surface area is 106 Å². The zero-order valence-corrected chi connectivity index (χ0v) is 9.80. The summed E-state index contributed by atoms with van der Waals surface area (Å²) in [5.74, 6) is 3.37. The maximum Gasteiger partial charge on any atom is 0.162 e. The average molecular weight is 238 g/mol. The van der Waals surface area contributed by atoms with Crippen LogP contribution in [0.4, 0.5) is 0 Å². The van der Waals surface area contributed by atoms with E-state index in [1.54, 1.807) is 30.3 Å². The number of nitriles is 2. The van der Waals surface area contributed by atoms with E-state index in [0.29, 0.717) is 17.1 Å². The molecule has 0 saturated heterocycles. The van der Waals surface area contributed by atoms with Gasteiger partial charge < -0.3 is 9.47 Å². The molecule has 0 radical (unpaired) electrons. The standard InChI is InChI=1S/C14H10N2O2/c1-3-6-18-13-5-4-11(8-14(13)17-2)7-12(9-15)10-16/h1,4-5,7-8H,6H2,2H3. The highest BCUT2D eigenvalue weighted by molar-refractivity contribution is 5.64. The van der Waals surface area contributed by atoms with Crippen molar-refractivity contribution in [2.24, 2.45) is 0 Å². The summed E-state index contributed by atoms with van der Waals surface area (Å²) in [6.45, 7) is 0.146. The molecule has 0 unspecified atom stereocenters. The third-order valence-corrected chi connectivity index (χ3v) is 2.05. The number of allylic oxidation sites excluding steroid dienone is 1. The first-order valence-corrected chi connectivity index (χ1v) is 5.01. The molecule has 18 heavy (non-hydrogen) atoms. The summed E-state index contributed by atoms with van der Waals surface area (Å²) in [6, 6.07) is 8.63. The van der Waals surface area contributed by atoms with E-state index in [0.717, 1.165) is 0 Å². The van der Waals surface area contributed by atoms with Crippen molar-refractivity contribution in [1.82, 2.24) is 0 Å². The predicted octanol–water partition coefficient (Wildman–Crippen LogP) is 2.14. The largest absolute Gasteiger partial charge is 0.493 e. The van der Waals surface area contributed by atoms with Gasteiger partial charge in [-0.05, 0) is 23.8 Å². The maximum absolute atomic E-state index is 8.67. The maximum atomic E-state index is 8.67. The average Bonchev–Trinajstić information content (AvgIpc) is 2.42. The minimum atomic E-state index is 0.0225. The molecule has 0 atom stereocenters. The summed E-state index contributed by atoms with van der Waals surface area (Å²) in [7, 11) is 1.50. The fraction of sp³-hybridized carbons (Fsp3) is 0.143. The van der Waals surface area contributed by atoms with Crippen molar-refractivity contribution in [1.29, 1.82) is 10.5 Å². The molecule has 1 rings (SSSR count). The van der Waals surface area contributed by atoms with E-state index >= 15 is 0 Å². The number of terminal acetylenes is 1. The summed E-state index contributed by atoms with van der Waals surface area (Å²) in [6.07, 6.45) is 6.57. The summed E-state index contributed by atoms with van der Waals surface area (Å²) >= 11 is 0. The first kappa shape index (κ1) is 13.2. The Morgan fingerprint density at radius 3 is 2.61 bits per heavy atom. The monoisotopic (exact) mass is 238 g/mol. The third kappa shape index (κ3) is 3.30. The van der Waals surface area contributed by atoms with E-state index in [9.17, 15) is 0 Å². The lowest BCUT2D eigenvalue weighted by Gasteiger charge is -2.09. The molecule has 0 spiro atoms. The van der Waals surface area contributed by atoms with E-state index in [1.165, 1.54) is 13.2 Å². The van der Waals surface area contributed by atoms with Crippen molar-refractivity contribution in [3.63, 3.8) is 0 Å². The molecule has 88 valence electrons.